The van der Waals surface area contributed by atoms with E-state index >= 15 is 0 Å². The van der Waals surface area contributed by atoms with Crippen LogP contribution in [0.2, 0.25) is 0 Å². The highest BCUT2D eigenvalue weighted by molar-refractivity contribution is 5.67. The van der Waals surface area contributed by atoms with Gasteiger partial charge in [0, 0.05) is 19.6 Å². The zero-order valence-corrected chi connectivity index (χ0v) is 10.8. The number of hydrogen-bond donors (Lipinski definition) is 1. The Hall–Kier alpha value is -0.840. The average molecular weight is 247 g/mol. The molecule has 1 aliphatic heterocycles. The van der Waals surface area contributed by atoms with Gasteiger partial charge in [0.25, 0.3) is 0 Å². The summed E-state index contributed by atoms with van der Waals surface area (Å²) in [6, 6.07) is 0. The van der Waals surface area contributed by atoms with Gasteiger partial charge in [-0.1, -0.05) is 0 Å². The molecule has 0 aromatic heterocycles. The van der Waals surface area contributed by atoms with Gasteiger partial charge in [-0.3, -0.25) is 0 Å². The van der Waals surface area contributed by atoms with E-state index in [1.54, 1.807) is 20.8 Å². The zero-order chi connectivity index (χ0) is 12.9. The summed E-state index contributed by atoms with van der Waals surface area (Å²) >= 11 is 0. The van der Waals surface area contributed by atoms with E-state index in [0.717, 1.165) is 6.42 Å². The van der Waals surface area contributed by atoms with Crippen molar-refractivity contribution in [3.05, 3.63) is 0 Å². The molecule has 0 bridgehead atoms. The van der Waals surface area contributed by atoms with E-state index in [2.05, 4.69) is 5.32 Å². The first-order valence-electron chi connectivity index (χ1n) is 6.04. The second kappa shape index (κ2) is 5.67. The Morgan fingerprint density at radius 1 is 1.53 bits per heavy atom. The molecule has 0 radical (unpaired) electrons. The van der Waals surface area contributed by atoms with Gasteiger partial charge in [0.15, 0.2) is 0 Å². The third kappa shape index (κ3) is 5.86. The molecule has 0 saturated carbocycles. The molecule has 1 amide bonds. The predicted octanol–water partition coefficient (Wildman–Crippen LogP) is 2.42. The van der Waals surface area contributed by atoms with E-state index in [1.165, 1.54) is 0 Å². The van der Waals surface area contributed by atoms with Crippen LogP contribution < -0.4 is 5.32 Å². The number of carbonyl (C=O) groups excluding carboxylic acids is 1. The van der Waals surface area contributed by atoms with Crippen molar-refractivity contribution in [3.63, 3.8) is 0 Å². The number of carbonyl (C=O) groups is 1. The van der Waals surface area contributed by atoms with E-state index in [0.29, 0.717) is 13.0 Å². The second-order valence-corrected chi connectivity index (χ2v) is 5.49. The lowest BCUT2D eigenvalue weighted by Gasteiger charge is -2.29. The number of rotatable bonds is 3. The normalized spacial score (nSPS) is 25.4. The van der Waals surface area contributed by atoms with Crippen molar-refractivity contribution in [1.29, 1.82) is 0 Å². The first-order chi connectivity index (χ1) is 7.81. The molecule has 4 nitrogen and oxygen atoms in total. The lowest BCUT2D eigenvalue weighted by Crippen LogP contribution is -2.39. The maximum absolute atomic E-state index is 14.0. The molecule has 1 saturated heterocycles. The molecule has 0 aromatic carbocycles. The summed E-state index contributed by atoms with van der Waals surface area (Å²) in [5, 5.41) is 2.55. The zero-order valence-electron chi connectivity index (χ0n) is 10.8. The third-order valence-corrected chi connectivity index (χ3v) is 2.52. The lowest BCUT2D eigenvalue weighted by molar-refractivity contribution is -0.0356. The number of amides is 1. The molecular formula is C12H22FNO3. The van der Waals surface area contributed by atoms with Gasteiger partial charge in [-0.2, -0.15) is 0 Å². The van der Waals surface area contributed by atoms with Crippen molar-refractivity contribution < 1.29 is 18.7 Å². The summed E-state index contributed by atoms with van der Waals surface area (Å²) in [5.41, 5.74) is -1.82. The van der Waals surface area contributed by atoms with Crippen LogP contribution in [0.15, 0.2) is 0 Å². The van der Waals surface area contributed by atoms with Crippen molar-refractivity contribution in [2.75, 3.05) is 19.8 Å². The minimum atomic E-state index is -1.30. The van der Waals surface area contributed by atoms with Crippen LogP contribution in [0.1, 0.15) is 40.0 Å². The Balaban J connectivity index is 2.20. The molecule has 5 heteroatoms. The highest BCUT2D eigenvalue weighted by Gasteiger charge is 2.32. The van der Waals surface area contributed by atoms with E-state index in [1.807, 2.05) is 0 Å². The number of halogens is 1. The highest BCUT2D eigenvalue weighted by atomic mass is 19.1. The third-order valence-electron chi connectivity index (χ3n) is 2.52. The Morgan fingerprint density at radius 3 is 2.76 bits per heavy atom. The van der Waals surface area contributed by atoms with Crippen LogP contribution in [0.5, 0.6) is 0 Å². The topological polar surface area (TPSA) is 47.6 Å². The van der Waals surface area contributed by atoms with E-state index in [4.69, 9.17) is 9.47 Å². The largest absolute Gasteiger partial charge is 0.444 e. The van der Waals surface area contributed by atoms with Gasteiger partial charge in [0.1, 0.15) is 11.3 Å². The molecule has 0 aliphatic carbocycles. The number of ether oxygens (including phenoxy) is 2. The van der Waals surface area contributed by atoms with Crippen LogP contribution in [0.3, 0.4) is 0 Å². The Bertz CT molecular complexity index is 257. The van der Waals surface area contributed by atoms with Crippen LogP contribution in [-0.4, -0.2) is 37.1 Å². The van der Waals surface area contributed by atoms with Gasteiger partial charge >= 0.3 is 6.09 Å². The first kappa shape index (κ1) is 14.2. The minimum absolute atomic E-state index is 0.128. The maximum Gasteiger partial charge on any atom is 0.407 e. The van der Waals surface area contributed by atoms with Gasteiger partial charge in [-0.15, -0.1) is 0 Å². The van der Waals surface area contributed by atoms with Crippen molar-refractivity contribution in [2.24, 2.45) is 0 Å². The molecule has 0 aromatic rings. The molecular weight excluding hydrogens is 225 g/mol. The van der Waals surface area contributed by atoms with Gasteiger partial charge in [0.2, 0.25) is 0 Å². The van der Waals surface area contributed by atoms with E-state index < -0.39 is 17.4 Å². The number of alkyl carbamates (subject to hydrolysis) is 1. The smallest absolute Gasteiger partial charge is 0.407 e. The minimum Gasteiger partial charge on any atom is -0.444 e. The summed E-state index contributed by atoms with van der Waals surface area (Å²) in [7, 11) is 0. The number of alkyl halides is 1. The maximum atomic E-state index is 14.0. The molecule has 1 rings (SSSR count). The lowest BCUT2D eigenvalue weighted by atomic mass is 9.95. The molecule has 1 fully saturated rings. The Labute approximate surface area is 102 Å². The molecule has 17 heavy (non-hydrogen) atoms. The van der Waals surface area contributed by atoms with Crippen molar-refractivity contribution >= 4 is 6.09 Å². The summed E-state index contributed by atoms with van der Waals surface area (Å²) in [6.45, 7) is 6.40. The van der Waals surface area contributed by atoms with Crippen LogP contribution in [0.4, 0.5) is 9.18 Å². The highest BCUT2D eigenvalue weighted by Crippen LogP contribution is 2.26. The second-order valence-electron chi connectivity index (χ2n) is 5.49. The summed E-state index contributed by atoms with van der Waals surface area (Å²) in [6.07, 6.45) is 1.01. The molecule has 0 spiro atoms. The van der Waals surface area contributed by atoms with Crippen molar-refractivity contribution in [3.8, 4) is 0 Å². The van der Waals surface area contributed by atoms with Gasteiger partial charge < -0.3 is 14.8 Å². The molecule has 1 aliphatic rings. The molecule has 1 N–H and O–H groups in total. The monoisotopic (exact) mass is 247 g/mol. The van der Waals surface area contributed by atoms with Gasteiger partial charge in [-0.05, 0) is 33.6 Å². The first-order valence-corrected chi connectivity index (χ1v) is 6.04. The fourth-order valence-corrected chi connectivity index (χ4v) is 1.72. The average Bonchev–Trinajstić information content (AvgIpc) is 2.15. The standard InChI is InChI=1S/C12H22FNO3/c1-11(2,3)17-10(15)14-7-6-12(13)5-4-8-16-9-12/h4-9H2,1-3H3,(H,14,15). The molecule has 1 unspecified atom stereocenters. The van der Waals surface area contributed by atoms with Crippen LogP contribution in [-0.2, 0) is 9.47 Å². The number of nitrogens with one attached hydrogen (secondary N) is 1. The molecule has 1 heterocycles. The quantitative estimate of drug-likeness (QED) is 0.833. The van der Waals surface area contributed by atoms with Crippen LogP contribution in [0, 0.1) is 0 Å². The molecule has 100 valence electrons. The van der Waals surface area contributed by atoms with Crippen molar-refractivity contribution in [2.45, 2.75) is 51.3 Å². The van der Waals surface area contributed by atoms with E-state index in [-0.39, 0.29) is 19.6 Å². The van der Waals surface area contributed by atoms with Gasteiger partial charge in [0.05, 0.1) is 6.61 Å². The summed E-state index contributed by atoms with van der Waals surface area (Å²) in [4.78, 5) is 11.3. The van der Waals surface area contributed by atoms with Crippen LogP contribution >= 0.6 is 0 Å². The Kier molecular flexibility index (Phi) is 4.74. The van der Waals surface area contributed by atoms with E-state index in [9.17, 15) is 9.18 Å². The summed E-state index contributed by atoms with van der Waals surface area (Å²) in [5.74, 6) is 0. The Morgan fingerprint density at radius 2 is 2.24 bits per heavy atom. The summed E-state index contributed by atoms with van der Waals surface area (Å²) < 4.78 is 24.2. The molecule has 1 atom stereocenters. The van der Waals surface area contributed by atoms with Crippen molar-refractivity contribution in [1.82, 2.24) is 5.32 Å². The fourth-order valence-electron chi connectivity index (χ4n) is 1.72. The number of hydrogen-bond acceptors (Lipinski definition) is 3. The van der Waals surface area contributed by atoms with Crippen LogP contribution in [0.25, 0.3) is 0 Å². The fraction of sp³-hybridized carbons (Fsp3) is 0.917. The SMILES string of the molecule is CC(C)(C)OC(=O)NCCC1(F)CCCOC1. The predicted molar refractivity (Wildman–Crippen MR) is 62.7 cm³/mol. The van der Waals surface area contributed by atoms with Gasteiger partial charge in [-0.25, -0.2) is 9.18 Å².